The zero-order valence-corrected chi connectivity index (χ0v) is 12.4. The molecule has 4 rings (SSSR count). The van der Waals surface area contributed by atoms with Crippen LogP contribution >= 0.6 is 0 Å². The lowest BCUT2D eigenvalue weighted by Crippen LogP contribution is -2.11. The number of amides is 1. The summed E-state index contributed by atoms with van der Waals surface area (Å²) in [5, 5.41) is 13.3. The molecule has 0 aliphatic heterocycles. The number of hydrogen-bond donors (Lipinski definition) is 2. The molecule has 0 spiro atoms. The topological polar surface area (TPSA) is 97.0 Å². The minimum atomic E-state index is -0.356. The Kier molecular flexibility index (Phi) is 3.43. The van der Waals surface area contributed by atoms with Gasteiger partial charge in [-0.2, -0.15) is 5.10 Å². The molecule has 4 aromatic rings. The number of hydrogen-bond acceptors (Lipinski definition) is 5. The summed E-state index contributed by atoms with van der Waals surface area (Å²) < 4.78 is 10.3. The first kappa shape index (κ1) is 14.0. The van der Waals surface area contributed by atoms with E-state index < -0.39 is 0 Å². The predicted octanol–water partition coefficient (Wildman–Crippen LogP) is 3.58. The van der Waals surface area contributed by atoms with Crippen LogP contribution in [0.25, 0.3) is 22.8 Å². The first-order chi connectivity index (χ1) is 11.8. The Bertz CT molecular complexity index is 938. The van der Waals surface area contributed by atoms with E-state index in [1.807, 2.05) is 30.3 Å². The smallest absolute Gasteiger partial charge is 0.277 e. The average molecular weight is 320 g/mol. The number of aromatic nitrogens is 3. The number of furan rings is 1. The summed E-state index contributed by atoms with van der Waals surface area (Å²) in [4.78, 5) is 12.2. The average Bonchev–Trinajstić information content (AvgIpc) is 3.35. The van der Waals surface area contributed by atoms with Crippen molar-refractivity contribution in [2.45, 2.75) is 0 Å². The van der Waals surface area contributed by atoms with E-state index in [-0.39, 0.29) is 11.6 Å². The first-order valence-corrected chi connectivity index (χ1v) is 7.21. The van der Waals surface area contributed by atoms with E-state index in [0.717, 1.165) is 11.3 Å². The Morgan fingerprint density at radius 3 is 2.67 bits per heavy atom. The van der Waals surface area contributed by atoms with Crippen LogP contribution in [0.5, 0.6) is 0 Å². The van der Waals surface area contributed by atoms with Crippen molar-refractivity contribution in [3.8, 4) is 22.8 Å². The van der Waals surface area contributed by atoms with Crippen molar-refractivity contribution in [3.05, 3.63) is 66.7 Å². The highest BCUT2D eigenvalue weighted by atomic mass is 16.5. The van der Waals surface area contributed by atoms with Crippen LogP contribution in [-0.4, -0.2) is 21.3 Å². The van der Waals surface area contributed by atoms with Gasteiger partial charge in [-0.15, -0.1) is 0 Å². The molecule has 3 heterocycles. The summed E-state index contributed by atoms with van der Waals surface area (Å²) in [7, 11) is 0. The molecule has 1 aromatic carbocycles. The molecule has 118 valence electrons. The molecule has 24 heavy (non-hydrogen) atoms. The van der Waals surface area contributed by atoms with Gasteiger partial charge >= 0.3 is 0 Å². The largest absolute Gasteiger partial charge is 0.461 e. The Labute approximate surface area is 136 Å². The maximum Gasteiger partial charge on any atom is 0.277 e. The third kappa shape index (κ3) is 2.70. The molecule has 0 aliphatic carbocycles. The number of nitrogens with one attached hydrogen (secondary N) is 2. The summed E-state index contributed by atoms with van der Waals surface area (Å²) in [6, 6.07) is 14.3. The van der Waals surface area contributed by atoms with Gasteiger partial charge in [-0.1, -0.05) is 17.3 Å². The van der Waals surface area contributed by atoms with Crippen LogP contribution in [0.15, 0.2) is 69.9 Å². The molecule has 0 unspecified atom stereocenters. The van der Waals surface area contributed by atoms with Gasteiger partial charge in [0, 0.05) is 18.0 Å². The first-order valence-electron chi connectivity index (χ1n) is 7.21. The zero-order chi connectivity index (χ0) is 16.4. The number of aromatic amines is 1. The monoisotopic (exact) mass is 320 g/mol. The minimum absolute atomic E-state index is 0.180. The predicted molar refractivity (Wildman–Crippen MR) is 86.2 cm³/mol. The standard InChI is InChI=1S/C17H12N4O3/c22-17(14-10-16(24-21-14)15-2-1-9-23-15)19-12-5-3-11(4-6-12)13-7-8-18-20-13/h1-10H,(H,18,20)(H,19,22). The lowest BCUT2D eigenvalue weighted by Gasteiger charge is -2.04. The normalized spacial score (nSPS) is 10.7. The molecule has 2 N–H and O–H groups in total. The third-order valence-corrected chi connectivity index (χ3v) is 3.46. The fourth-order valence-electron chi connectivity index (χ4n) is 2.26. The lowest BCUT2D eigenvalue weighted by atomic mass is 10.1. The Morgan fingerprint density at radius 1 is 1.08 bits per heavy atom. The van der Waals surface area contributed by atoms with Crippen molar-refractivity contribution in [2.24, 2.45) is 0 Å². The molecular formula is C17H12N4O3. The lowest BCUT2D eigenvalue weighted by molar-refractivity contribution is 0.101. The highest BCUT2D eigenvalue weighted by molar-refractivity contribution is 6.03. The van der Waals surface area contributed by atoms with Gasteiger partial charge in [0.15, 0.2) is 11.5 Å². The van der Waals surface area contributed by atoms with Crippen molar-refractivity contribution in [1.82, 2.24) is 15.4 Å². The van der Waals surface area contributed by atoms with Crippen molar-refractivity contribution in [3.63, 3.8) is 0 Å². The van der Waals surface area contributed by atoms with E-state index in [4.69, 9.17) is 8.94 Å². The minimum Gasteiger partial charge on any atom is -0.461 e. The number of carbonyl (C=O) groups is 1. The maximum atomic E-state index is 12.2. The van der Waals surface area contributed by atoms with Gasteiger partial charge in [-0.05, 0) is 35.9 Å². The van der Waals surface area contributed by atoms with Crippen LogP contribution in [-0.2, 0) is 0 Å². The Morgan fingerprint density at radius 2 is 1.96 bits per heavy atom. The molecule has 0 saturated carbocycles. The van der Waals surface area contributed by atoms with Gasteiger partial charge in [0.25, 0.3) is 5.91 Å². The fourth-order valence-corrected chi connectivity index (χ4v) is 2.26. The van der Waals surface area contributed by atoms with Gasteiger partial charge in [0.2, 0.25) is 5.76 Å². The number of H-pyrrole nitrogens is 1. The zero-order valence-electron chi connectivity index (χ0n) is 12.4. The van der Waals surface area contributed by atoms with Crippen LogP contribution in [0.4, 0.5) is 5.69 Å². The maximum absolute atomic E-state index is 12.2. The van der Waals surface area contributed by atoms with Crippen LogP contribution in [0.3, 0.4) is 0 Å². The summed E-state index contributed by atoms with van der Waals surface area (Å²) >= 11 is 0. The van der Waals surface area contributed by atoms with Gasteiger partial charge in [-0.25, -0.2) is 0 Å². The highest BCUT2D eigenvalue weighted by Crippen LogP contribution is 2.22. The molecular weight excluding hydrogens is 308 g/mol. The molecule has 0 saturated heterocycles. The van der Waals surface area contributed by atoms with E-state index in [2.05, 4.69) is 20.7 Å². The van der Waals surface area contributed by atoms with Crippen molar-refractivity contribution in [2.75, 3.05) is 5.32 Å². The summed E-state index contributed by atoms with van der Waals surface area (Å²) in [6.07, 6.45) is 3.21. The van der Waals surface area contributed by atoms with Crippen LogP contribution in [0.2, 0.25) is 0 Å². The summed E-state index contributed by atoms with van der Waals surface area (Å²) in [5.41, 5.74) is 2.73. The van der Waals surface area contributed by atoms with E-state index in [1.165, 1.54) is 12.3 Å². The second kappa shape index (κ2) is 5.88. The van der Waals surface area contributed by atoms with Gasteiger partial charge in [0.1, 0.15) is 0 Å². The summed E-state index contributed by atoms with van der Waals surface area (Å²) in [5.74, 6) is 0.566. The molecule has 7 heteroatoms. The van der Waals surface area contributed by atoms with E-state index in [0.29, 0.717) is 17.2 Å². The molecule has 0 bridgehead atoms. The molecule has 7 nitrogen and oxygen atoms in total. The summed E-state index contributed by atoms with van der Waals surface area (Å²) in [6.45, 7) is 0. The van der Waals surface area contributed by atoms with Crippen LogP contribution in [0, 0.1) is 0 Å². The van der Waals surface area contributed by atoms with Crippen LogP contribution < -0.4 is 5.32 Å². The number of anilines is 1. The molecule has 0 radical (unpaired) electrons. The Hall–Kier alpha value is -3.61. The quantitative estimate of drug-likeness (QED) is 0.599. The highest BCUT2D eigenvalue weighted by Gasteiger charge is 2.15. The van der Waals surface area contributed by atoms with Gasteiger partial charge < -0.3 is 14.3 Å². The third-order valence-electron chi connectivity index (χ3n) is 3.46. The van der Waals surface area contributed by atoms with Crippen molar-refractivity contribution in [1.29, 1.82) is 0 Å². The fraction of sp³-hybridized carbons (Fsp3) is 0. The van der Waals surface area contributed by atoms with Crippen molar-refractivity contribution >= 4 is 11.6 Å². The molecule has 0 atom stereocenters. The second-order valence-electron chi connectivity index (χ2n) is 5.06. The molecule has 0 aliphatic rings. The number of rotatable bonds is 4. The van der Waals surface area contributed by atoms with Gasteiger partial charge in [0.05, 0.1) is 12.0 Å². The SMILES string of the molecule is O=C(Nc1ccc(-c2ccn[nH]2)cc1)c1cc(-c2ccco2)on1. The Balaban J connectivity index is 1.48. The van der Waals surface area contributed by atoms with Crippen LogP contribution in [0.1, 0.15) is 10.5 Å². The van der Waals surface area contributed by atoms with E-state index >= 15 is 0 Å². The number of benzene rings is 1. The van der Waals surface area contributed by atoms with E-state index in [1.54, 1.807) is 18.3 Å². The van der Waals surface area contributed by atoms with Crippen molar-refractivity contribution < 1.29 is 13.7 Å². The van der Waals surface area contributed by atoms with E-state index in [9.17, 15) is 4.79 Å². The number of carbonyl (C=O) groups excluding carboxylic acids is 1. The van der Waals surface area contributed by atoms with Gasteiger partial charge in [-0.3, -0.25) is 9.89 Å². The molecule has 1 amide bonds. The molecule has 3 aromatic heterocycles. The second-order valence-corrected chi connectivity index (χ2v) is 5.06. The molecule has 0 fully saturated rings. The number of nitrogens with zero attached hydrogens (tertiary/aromatic N) is 2.